The molecule has 2 nitrogen and oxygen atoms in total. The topological polar surface area (TPSA) is 21.3 Å². The molecule has 0 spiro atoms. The molecule has 2 aliphatic carbocycles. The molecule has 0 aromatic heterocycles. The van der Waals surface area contributed by atoms with Gasteiger partial charge >= 0.3 is 0 Å². The lowest BCUT2D eigenvalue weighted by molar-refractivity contribution is 0.191. The van der Waals surface area contributed by atoms with E-state index in [4.69, 9.17) is 4.74 Å². The number of rotatable bonds is 8. The normalized spacial score (nSPS) is 23.8. The molecule has 2 heteroatoms. The van der Waals surface area contributed by atoms with E-state index in [1.165, 1.54) is 64.3 Å². The second-order valence-corrected chi connectivity index (χ2v) is 6.39. The highest BCUT2D eigenvalue weighted by Crippen LogP contribution is 2.38. The molecule has 106 valence electrons. The maximum Gasteiger partial charge on any atom is 0.0587 e. The molecule has 2 saturated carbocycles. The molecule has 1 N–H and O–H groups in total. The van der Waals surface area contributed by atoms with Crippen LogP contribution in [0.1, 0.15) is 57.8 Å². The Labute approximate surface area is 113 Å². The highest BCUT2D eigenvalue weighted by atomic mass is 16.5. The third-order valence-electron chi connectivity index (χ3n) is 5.07. The lowest BCUT2D eigenvalue weighted by Gasteiger charge is -2.26. The van der Waals surface area contributed by atoms with Gasteiger partial charge in [0.2, 0.25) is 0 Å². The first-order chi connectivity index (χ1) is 8.90. The third kappa shape index (κ3) is 4.55. The second-order valence-electron chi connectivity index (χ2n) is 6.39. The monoisotopic (exact) mass is 253 g/mol. The first-order valence-electron chi connectivity index (χ1n) is 8.10. The molecule has 0 radical (unpaired) electrons. The van der Waals surface area contributed by atoms with E-state index in [1.807, 2.05) is 0 Å². The minimum Gasteiger partial charge on any atom is -0.383 e. The molecule has 0 heterocycles. The van der Waals surface area contributed by atoms with Crippen LogP contribution >= 0.6 is 0 Å². The molecule has 2 aliphatic rings. The van der Waals surface area contributed by atoms with Crippen molar-refractivity contribution in [1.82, 2.24) is 5.32 Å². The van der Waals surface area contributed by atoms with Crippen LogP contribution in [0.2, 0.25) is 0 Å². The Balaban J connectivity index is 1.73. The lowest BCUT2D eigenvalue weighted by Crippen LogP contribution is -2.30. The highest BCUT2D eigenvalue weighted by molar-refractivity contribution is 4.81. The van der Waals surface area contributed by atoms with Crippen molar-refractivity contribution in [3.63, 3.8) is 0 Å². The first-order valence-corrected chi connectivity index (χ1v) is 8.10. The van der Waals surface area contributed by atoms with Crippen molar-refractivity contribution in [3.05, 3.63) is 0 Å². The Bertz CT molecular complexity index is 207. The molecule has 0 amide bonds. The van der Waals surface area contributed by atoms with E-state index in [1.54, 1.807) is 7.11 Å². The van der Waals surface area contributed by atoms with Crippen molar-refractivity contribution >= 4 is 0 Å². The molecule has 0 saturated heterocycles. The summed E-state index contributed by atoms with van der Waals surface area (Å²) in [6.07, 6.45) is 13.4. The van der Waals surface area contributed by atoms with E-state index >= 15 is 0 Å². The van der Waals surface area contributed by atoms with Crippen molar-refractivity contribution in [2.24, 2.45) is 17.8 Å². The van der Waals surface area contributed by atoms with E-state index in [0.717, 1.165) is 30.9 Å². The van der Waals surface area contributed by atoms with Gasteiger partial charge in [-0.15, -0.1) is 0 Å². The average molecular weight is 253 g/mol. The van der Waals surface area contributed by atoms with Crippen LogP contribution in [0.25, 0.3) is 0 Å². The van der Waals surface area contributed by atoms with E-state index < -0.39 is 0 Å². The van der Waals surface area contributed by atoms with Gasteiger partial charge < -0.3 is 10.1 Å². The summed E-state index contributed by atoms with van der Waals surface area (Å²) < 4.78 is 5.12. The Morgan fingerprint density at radius 3 is 2.39 bits per heavy atom. The van der Waals surface area contributed by atoms with Crippen molar-refractivity contribution in [1.29, 1.82) is 0 Å². The van der Waals surface area contributed by atoms with Gasteiger partial charge in [0.1, 0.15) is 0 Å². The predicted octanol–water partition coefficient (Wildman–Crippen LogP) is 3.61. The van der Waals surface area contributed by atoms with Crippen LogP contribution in [-0.2, 0) is 4.74 Å². The van der Waals surface area contributed by atoms with Crippen molar-refractivity contribution in [3.8, 4) is 0 Å². The van der Waals surface area contributed by atoms with Gasteiger partial charge in [-0.05, 0) is 30.7 Å². The minimum atomic E-state index is 0.848. The molecule has 0 bridgehead atoms. The quantitative estimate of drug-likeness (QED) is 0.667. The fourth-order valence-corrected chi connectivity index (χ4v) is 4.01. The summed E-state index contributed by atoms with van der Waals surface area (Å²) in [4.78, 5) is 0. The number of ether oxygens (including phenoxy) is 1. The Morgan fingerprint density at radius 1 is 1.06 bits per heavy atom. The fraction of sp³-hybridized carbons (Fsp3) is 1.00. The van der Waals surface area contributed by atoms with E-state index in [0.29, 0.717) is 0 Å². The molecular weight excluding hydrogens is 222 g/mol. The van der Waals surface area contributed by atoms with Crippen LogP contribution in [0.4, 0.5) is 0 Å². The molecule has 1 atom stereocenters. The zero-order valence-corrected chi connectivity index (χ0v) is 12.1. The largest absolute Gasteiger partial charge is 0.383 e. The van der Waals surface area contributed by atoms with Crippen LogP contribution < -0.4 is 5.32 Å². The van der Waals surface area contributed by atoms with Gasteiger partial charge in [0.25, 0.3) is 0 Å². The summed E-state index contributed by atoms with van der Waals surface area (Å²) in [5.74, 6) is 2.99. The minimum absolute atomic E-state index is 0.848. The van der Waals surface area contributed by atoms with Crippen LogP contribution in [-0.4, -0.2) is 26.8 Å². The Morgan fingerprint density at radius 2 is 1.72 bits per heavy atom. The summed E-state index contributed by atoms with van der Waals surface area (Å²) in [6.45, 7) is 3.09. The summed E-state index contributed by atoms with van der Waals surface area (Å²) >= 11 is 0. The third-order valence-corrected chi connectivity index (χ3v) is 5.07. The molecule has 2 rings (SSSR count). The van der Waals surface area contributed by atoms with Gasteiger partial charge in [0, 0.05) is 13.7 Å². The van der Waals surface area contributed by atoms with Crippen molar-refractivity contribution in [2.45, 2.75) is 57.8 Å². The zero-order chi connectivity index (χ0) is 12.6. The maximum absolute atomic E-state index is 5.12. The molecule has 18 heavy (non-hydrogen) atoms. The summed E-state index contributed by atoms with van der Waals surface area (Å²) in [7, 11) is 1.79. The molecular formula is C16H31NO. The lowest BCUT2D eigenvalue weighted by atomic mass is 9.82. The average Bonchev–Trinajstić information content (AvgIpc) is 3.05. The Hall–Kier alpha value is -0.0800. The number of nitrogens with one attached hydrogen (secondary N) is 1. The standard InChI is InChI=1S/C16H31NO/c1-18-11-10-17-13-16(15-8-4-5-9-15)12-14-6-2-3-7-14/h14-17H,2-13H2,1H3. The molecule has 0 aromatic carbocycles. The van der Waals surface area contributed by atoms with E-state index in [2.05, 4.69) is 5.32 Å². The van der Waals surface area contributed by atoms with Crippen LogP contribution in [0.5, 0.6) is 0 Å². The SMILES string of the molecule is COCCNCC(CC1CCCC1)C1CCCC1. The van der Waals surface area contributed by atoms with Crippen LogP contribution in [0.15, 0.2) is 0 Å². The maximum atomic E-state index is 5.12. The van der Waals surface area contributed by atoms with E-state index in [-0.39, 0.29) is 0 Å². The fourth-order valence-electron chi connectivity index (χ4n) is 4.01. The van der Waals surface area contributed by atoms with Crippen molar-refractivity contribution in [2.75, 3.05) is 26.8 Å². The highest BCUT2D eigenvalue weighted by Gasteiger charge is 2.28. The van der Waals surface area contributed by atoms with Gasteiger partial charge in [0.15, 0.2) is 0 Å². The van der Waals surface area contributed by atoms with Crippen LogP contribution in [0, 0.1) is 17.8 Å². The summed E-state index contributed by atoms with van der Waals surface area (Å²) in [5.41, 5.74) is 0. The number of hydrogen-bond donors (Lipinski definition) is 1. The van der Waals surface area contributed by atoms with Gasteiger partial charge in [-0.2, -0.15) is 0 Å². The summed E-state index contributed by atoms with van der Waals surface area (Å²) in [6, 6.07) is 0. The van der Waals surface area contributed by atoms with Gasteiger partial charge in [-0.3, -0.25) is 0 Å². The van der Waals surface area contributed by atoms with E-state index in [9.17, 15) is 0 Å². The van der Waals surface area contributed by atoms with Gasteiger partial charge in [0.05, 0.1) is 6.61 Å². The Kier molecular flexibility index (Phi) is 6.50. The predicted molar refractivity (Wildman–Crippen MR) is 76.8 cm³/mol. The smallest absolute Gasteiger partial charge is 0.0587 e. The number of methoxy groups -OCH3 is 1. The van der Waals surface area contributed by atoms with Gasteiger partial charge in [-0.1, -0.05) is 51.4 Å². The molecule has 0 aromatic rings. The number of hydrogen-bond acceptors (Lipinski definition) is 2. The molecule has 0 aliphatic heterocycles. The van der Waals surface area contributed by atoms with Crippen molar-refractivity contribution < 1.29 is 4.74 Å². The van der Waals surface area contributed by atoms with Crippen LogP contribution in [0.3, 0.4) is 0 Å². The zero-order valence-electron chi connectivity index (χ0n) is 12.1. The molecule has 2 fully saturated rings. The second kappa shape index (κ2) is 8.16. The van der Waals surface area contributed by atoms with Gasteiger partial charge in [-0.25, -0.2) is 0 Å². The first kappa shape index (κ1) is 14.3. The summed E-state index contributed by atoms with van der Waals surface area (Å²) in [5, 5.41) is 3.61. The molecule has 1 unspecified atom stereocenters.